The van der Waals surface area contributed by atoms with Crippen molar-refractivity contribution in [1.82, 2.24) is 10.3 Å². The summed E-state index contributed by atoms with van der Waals surface area (Å²) in [7, 11) is 0. The van der Waals surface area contributed by atoms with Crippen molar-refractivity contribution in [2.45, 2.75) is 0 Å². The second-order valence-corrected chi connectivity index (χ2v) is 3.89. The number of nitrogens with zero attached hydrogens (tertiary/aromatic N) is 1. The maximum absolute atomic E-state index is 11.4. The minimum atomic E-state index is -0.442. The summed E-state index contributed by atoms with van der Waals surface area (Å²) in [6.07, 6.45) is 2.87. The maximum Gasteiger partial charge on any atom is 0.333 e. The van der Waals surface area contributed by atoms with Crippen LogP contribution in [0.15, 0.2) is 36.2 Å². The van der Waals surface area contributed by atoms with Crippen LogP contribution in [0.4, 0.5) is 10.6 Å². The smallest absolute Gasteiger partial charge is 0.333 e. The zero-order valence-electron chi connectivity index (χ0n) is 8.67. The van der Waals surface area contributed by atoms with Gasteiger partial charge in [0.25, 0.3) is 0 Å². The number of cyclic esters (lactones) is 1. The van der Waals surface area contributed by atoms with Crippen LogP contribution >= 0.6 is 11.9 Å². The quantitative estimate of drug-likeness (QED) is 0.622. The van der Waals surface area contributed by atoms with Gasteiger partial charge in [0.1, 0.15) is 12.4 Å². The summed E-state index contributed by atoms with van der Waals surface area (Å²) < 4.78 is 7.41. The summed E-state index contributed by atoms with van der Waals surface area (Å²) in [5.74, 6) is 0.142. The second-order valence-electron chi connectivity index (χ2n) is 3.11. The van der Waals surface area contributed by atoms with Crippen LogP contribution in [0, 0.1) is 0 Å². The third kappa shape index (κ3) is 3.49. The average molecular weight is 251 g/mol. The molecule has 1 aromatic rings. The summed E-state index contributed by atoms with van der Waals surface area (Å²) in [5.41, 5.74) is 0.454. The fourth-order valence-electron chi connectivity index (χ4n) is 1.13. The van der Waals surface area contributed by atoms with Gasteiger partial charge in [0, 0.05) is 24.2 Å². The first kappa shape index (κ1) is 11.5. The number of aromatic nitrogens is 1. The molecule has 1 aromatic heterocycles. The van der Waals surface area contributed by atoms with E-state index >= 15 is 0 Å². The summed E-state index contributed by atoms with van der Waals surface area (Å²) in [6.45, 7) is 0.106. The summed E-state index contributed by atoms with van der Waals surface area (Å²) in [4.78, 5) is 26.2. The van der Waals surface area contributed by atoms with Crippen LogP contribution in [-0.4, -0.2) is 22.8 Å². The van der Waals surface area contributed by atoms with Gasteiger partial charge in [-0.25, -0.2) is 9.78 Å². The van der Waals surface area contributed by atoms with Gasteiger partial charge >= 0.3 is 11.2 Å². The molecule has 2 N–H and O–H groups in total. The van der Waals surface area contributed by atoms with Gasteiger partial charge < -0.3 is 14.8 Å². The second kappa shape index (κ2) is 5.35. The number of carbonyl (C=O) groups is 2. The van der Waals surface area contributed by atoms with Crippen LogP contribution in [-0.2, 0) is 9.53 Å². The molecule has 0 aromatic carbocycles. The minimum Gasteiger partial charge on any atom is -0.456 e. The molecule has 2 heterocycles. The van der Waals surface area contributed by atoms with E-state index in [9.17, 15) is 9.59 Å². The molecule has 1 aliphatic rings. The van der Waals surface area contributed by atoms with Crippen LogP contribution in [0.25, 0.3) is 0 Å². The molecule has 1 aliphatic heterocycles. The van der Waals surface area contributed by atoms with Crippen molar-refractivity contribution in [1.29, 1.82) is 0 Å². The molecule has 7 heteroatoms. The van der Waals surface area contributed by atoms with Crippen LogP contribution in [0.2, 0.25) is 0 Å². The standard InChI is InChI=1S/C10H9N3O3S/c14-9-5-7(6-16-9)12-10(15)17-13-8-3-1-2-4-11-8/h1-5H,6H2,(H,11,13)(H,12,15). The first-order chi connectivity index (χ1) is 8.24. The van der Waals surface area contributed by atoms with E-state index < -0.39 is 5.97 Å². The number of nitrogens with one attached hydrogen (secondary N) is 2. The van der Waals surface area contributed by atoms with Crippen LogP contribution in [0.5, 0.6) is 0 Å². The van der Waals surface area contributed by atoms with Crippen molar-refractivity contribution in [3.63, 3.8) is 0 Å². The van der Waals surface area contributed by atoms with E-state index in [-0.39, 0.29) is 11.8 Å². The van der Waals surface area contributed by atoms with Gasteiger partial charge in [0.15, 0.2) is 0 Å². The van der Waals surface area contributed by atoms with Crippen LogP contribution in [0.1, 0.15) is 0 Å². The Balaban J connectivity index is 1.78. The van der Waals surface area contributed by atoms with E-state index in [0.29, 0.717) is 11.5 Å². The van der Waals surface area contributed by atoms with Gasteiger partial charge in [-0.3, -0.25) is 4.79 Å². The van der Waals surface area contributed by atoms with Gasteiger partial charge in [-0.2, -0.15) is 0 Å². The molecule has 6 nitrogen and oxygen atoms in total. The van der Waals surface area contributed by atoms with E-state index in [4.69, 9.17) is 0 Å². The fraction of sp³-hybridized carbons (Fsp3) is 0.100. The lowest BCUT2D eigenvalue weighted by molar-refractivity contribution is -0.134. The molecule has 1 amide bonds. The Kier molecular flexibility index (Phi) is 3.61. The number of rotatable bonds is 3. The molecule has 0 aliphatic carbocycles. The maximum atomic E-state index is 11.4. The minimum absolute atomic E-state index is 0.106. The molecule has 88 valence electrons. The Hall–Kier alpha value is -2.02. The Morgan fingerprint density at radius 3 is 3.00 bits per heavy atom. The van der Waals surface area contributed by atoms with Crippen LogP contribution in [0.3, 0.4) is 0 Å². The highest BCUT2D eigenvalue weighted by atomic mass is 32.2. The Bertz CT molecular complexity index is 461. The molecule has 2 rings (SSSR count). The Morgan fingerprint density at radius 2 is 2.35 bits per heavy atom. The third-order valence-corrected chi connectivity index (χ3v) is 2.44. The highest BCUT2D eigenvalue weighted by Crippen LogP contribution is 2.10. The van der Waals surface area contributed by atoms with Gasteiger partial charge in [-0.15, -0.1) is 0 Å². The number of hydrogen-bond donors (Lipinski definition) is 2. The first-order valence-electron chi connectivity index (χ1n) is 4.76. The topological polar surface area (TPSA) is 80.3 Å². The summed E-state index contributed by atoms with van der Waals surface area (Å²) in [6, 6.07) is 5.32. The van der Waals surface area contributed by atoms with E-state index in [0.717, 1.165) is 11.9 Å². The number of hydrogen-bond acceptors (Lipinski definition) is 6. The summed E-state index contributed by atoms with van der Waals surface area (Å²) in [5, 5.41) is 2.20. The summed E-state index contributed by atoms with van der Waals surface area (Å²) >= 11 is 0.847. The van der Waals surface area contributed by atoms with E-state index in [1.165, 1.54) is 6.08 Å². The first-order valence-corrected chi connectivity index (χ1v) is 5.58. The molecule has 0 fully saturated rings. The number of amides is 1. The predicted octanol–water partition coefficient (Wildman–Crippen LogP) is 1.29. The zero-order valence-corrected chi connectivity index (χ0v) is 9.49. The van der Waals surface area contributed by atoms with Crippen molar-refractivity contribution in [2.75, 3.05) is 11.3 Å². The van der Waals surface area contributed by atoms with E-state index in [1.807, 2.05) is 0 Å². The molecule has 0 saturated heterocycles. The average Bonchev–Trinajstić information content (AvgIpc) is 2.73. The fourth-order valence-corrected chi connectivity index (χ4v) is 1.63. The zero-order chi connectivity index (χ0) is 12.1. The van der Waals surface area contributed by atoms with Crippen molar-refractivity contribution < 1.29 is 14.3 Å². The normalized spacial score (nSPS) is 13.9. The Morgan fingerprint density at radius 1 is 1.47 bits per heavy atom. The molecule has 0 spiro atoms. The largest absolute Gasteiger partial charge is 0.456 e. The SMILES string of the molecule is O=C1C=C(NC(=O)SNc2ccccn2)CO1. The molecule has 0 bridgehead atoms. The molecule has 0 saturated carbocycles. The van der Waals surface area contributed by atoms with Crippen molar-refractivity contribution in [3.8, 4) is 0 Å². The van der Waals surface area contributed by atoms with E-state index in [2.05, 4.69) is 19.8 Å². The highest BCUT2D eigenvalue weighted by molar-refractivity contribution is 8.14. The molecular weight excluding hydrogens is 242 g/mol. The van der Waals surface area contributed by atoms with Crippen molar-refractivity contribution >= 4 is 29.0 Å². The van der Waals surface area contributed by atoms with Gasteiger partial charge in [-0.1, -0.05) is 6.07 Å². The van der Waals surface area contributed by atoms with Gasteiger partial charge in [0.05, 0.1) is 5.70 Å². The lowest BCUT2D eigenvalue weighted by atomic mass is 10.5. The van der Waals surface area contributed by atoms with Gasteiger partial charge in [-0.05, 0) is 12.1 Å². The Labute approximate surface area is 102 Å². The monoisotopic (exact) mass is 251 g/mol. The van der Waals surface area contributed by atoms with Gasteiger partial charge in [0.2, 0.25) is 0 Å². The van der Waals surface area contributed by atoms with Crippen LogP contribution < -0.4 is 10.0 Å². The lowest BCUT2D eigenvalue weighted by Gasteiger charge is -2.05. The van der Waals surface area contributed by atoms with Crippen molar-refractivity contribution in [2.24, 2.45) is 0 Å². The molecular formula is C10H9N3O3S. The molecule has 17 heavy (non-hydrogen) atoms. The highest BCUT2D eigenvalue weighted by Gasteiger charge is 2.15. The predicted molar refractivity (Wildman–Crippen MR) is 63.0 cm³/mol. The third-order valence-electron chi connectivity index (χ3n) is 1.84. The lowest BCUT2D eigenvalue weighted by Crippen LogP contribution is -2.20. The molecule has 0 atom stereocenters. The number of carbonyl (C=O) groups excluding carboxylic acids is 2. The van der Waals surface area contributed by atoms with Crippen molar-refractivity contribution in [3.05, 3.63) is 36.2 Å². The number of ether oxygens (including phenoxy) is 1. The molecule has 0 radical (unpaired) electrons. The number of anilines is 1. The number of pyridine rings is 1. The number of esters is 1. The molecule has 0 unspecified atom stereocenters. The van der Waals surface area contributed by atoms with E-state index in [1.54, 1.807) is 24.4 Å².